The van der Waals surface area contributed by atoms with Crippen LogP contribution in [-0.2, 0) is 19.1 Å². The van der Waals surface area contributed by atoms with Gasteiger partial charge in [0, 0.05) is 10.5 Å². The number of hydrogen-bond donors (Lipinski definition) is 3. The van der Waals surface area contributed by atoms with Crippen LogP contribution in [0, 0.1) is 17.8 Å². The summed E-state index contributed by atoms with van der Waals surface area (Å²) in [6, 6.07) is 14.2. The predicted molar refractivity (Wildman–Crippen MR) is 148 cm³/mol. The van der Waals surface area contributed by atoms with Crippen LogP contribution < -0.4 is 10.6 Å². The third-order valence-corrected chi connectivity index (χ3v) is 8.97. The van der Waals surface area contributed by atoms with E-state index in [4.69, 9.17) is 16.3 Å². The van der Waals surface area contributed by atoms with Crippen LogP contribution in [0.15, 0.2) is 54.6 Å². The topological polar surface area (TPSA) is 108 Å². The monoisotopic (exact) mass is 603 g/mol. The molecule has 3 amide bonds. The van der Waals surface area contributed by atoms with E-state index in [0.29, 0.717) is 29.2 Å². The van der Waals surface area contributed by atoms with E-state index in [1.54, 1.807) is 36.4 Å². The molecule has 0 aromatic heterocycles. The molecule has 0 radical (unpaired) electrons. The van der Waals surface area contributed by atoms with Gasteiger partial charge in [-0.25, -0.2) is 0 Å². The highest BCUT2D eigenvalue weighted by atomic mass is 79.9. The molecule has 10 heteroatoms. The summed E-state index contributed by atoms with van der Waals surface area (Å²) in [7, 11) is 0. The van der Waals surface area contributed by atoms with Crippen molar-refractivity contribution >= 4 is 56.6 Å². The van der Waals surface area contributed by atoms with Crippen LogP contribution >= 0.6 is 27.5 Å². The van der Waals surface area contributed by atoms with Gasteiger partial charge in [0.05, 0.1) is 41.3 Å². The zero-order chi connectivity index (χ0) is 27.2. The Morgan fingerprint density at radius 2 is 1.82 bits per heavy atom. The second kappa shape index (κ2) is 10.6. The number of anilines is 2. The lowest BCUT2D eigenvalue weighted by Gasteiger charge is -2.37. The first-order chi connectivity index (χ1) is 18.2. The number of carbonyl (C=O) groups excluding carboxylic acids is 3. The minimum absolute atomic E-state index is 0.156. The van der Waals surface area contributed by atoms with Crippen LogP contribution in [0.3, 0.4) is 0 Å². The fraction of sp³-hybridized carbons (Fsp3) is 0.464. The van der Waals surface area contributed by atoms with Crippen LogP contribution in [-0.4, -0.2) is 63.0 Å². The number of para-hydroxylation sites is 2. The van der Waals surface area contributed by atoms with Gasteiger partial charge in [-0.3, -0.25) is 14.4 Å². The van der Waals surface area contributed by atoms with Gasteiger partial charge in [0.2, 0.25) is 17.7 Å². The Morgan fingerprint density at radius 1 is 1.13 bits per heavy atom. The number of nitrogens with zero attached hydrogens (tertiary/aromatic N) is 1. The Labute approximate surface area is 235 Å². The molecular formula is C28H31BrClN3O5. The minimum atomic E-state index is -1.23. The quantitative estimate of drug-likeness (QED) is 0.394. The molecule has 3 fully saturated rings. The van der Waals surface area contributed by atoms with Gasteiger partial charge >= 0.3 is 0 Å². The third kappa shape index (κ3) is 4.53. The number of fused-ring (bicyclic) bond motifs is 1. The second-order valence-corrected chi connectivity index (χ2v) is 12.3. The maximum Gasteiger partial charge on any atom is 0.250 e. The summed E-state index contributed by atoms with van der Waals surface area (Å²) in [4.78, 5) is 43.0. The van der Waals surface area contributed by atoms with E-state index in [1.807, 2.05) is 32.0 Å². The highest BCUT2D eigenvalue weighted by molar-refractivity contribution is 9.09. The fourth-order valence-electron chi connectivity index (χ4n) is 6.39. The van der Waals surface area contributed by atoms with Crippen LogP contribution in [0.2, 0.25) is 5.02 Å². The number of alkyl halides is 1. The van der Waals surface area contributed by atoms with E-state index in [0.717, 1.165) is 0 Å². The number of nitrogens with one attached hydrogen (secondary N) is 2. The summed E-state index contributed by atoms with van der Waals surface area (Å²) in [6.07, 6.45) is 0.284. The van der Waals surface area contributed by atoms with E-state index in [9.17, 15) is 19.5 Å². The van der Waals surface area contributed by atoms with Crippen molar-refractivity contribution in [1.82, 2.24) is 4.90 Å². The molecule has 3 aliphatic rings. The zero-order valence-corrected chi connectivity index (χ0v) is 23.5. The van der Waals surface area contributed by atoms with Gasteiger partial charge in [-0.15, -0.1) is 0 Å². The molecule has 3 unspecified atom stereocenters. The summed E-state index contributed by atoms with van der Waals surface area (Å²) in [6.45, 7) is 3.67. The molecule has 3 heterocycles. The number of amides is 3. The molecule has 2 aromatic rings. The van der Waals surface area contributed by atoms with Crippen LogP contribution in [0.4, 0.5) is 11.4 Å². The SMILES string of the molecule is CC(C)C[C@H](CO)N1C(=O)[C@@H]2[C@@H](C(=O)Nc3ccccc3)[C@@H]3OC2(CC3Br)C1C(=O)Nc1ccccc1Cl. The molecule has 0 aliphatic carbocycles. The number of likely N-dealkylation sites (tertiary alicyclic amines) is 1. The van der Waals surface area contributed by atoms with Crippen molar-refractivity contribution in [2.45, 2.75) is 55.3 Å². The number of rotatable bonds is 8. The molecule has 3 N–H and O–H groups in total. The molecule has 2 aromatic carbocycles. The lowest BCUT2D eigenvalue weighted by atomic mass is 9.70. The van der Waals surface area contributed by atoms with E-state index < -0.39 is 41.5 Å². The molecule has 202 valence electrons. The Morgan fingerprint density at radius 3 is 2.47 bits per heavy atom. The van der Waals surface area contributed by atoms with E-state index >= 15 is 0 Å². The van der Waals surface area contributed by atoms with Crippen LogP contribution in [0.5, 0.6) is 0 Å². The van der Waals surface area contributed by atoms with Crippen molar-refractivity contribution in [3.05, 3.63) is 59.6 Å². The molecule has 7 atom stereocenters. The zero-order valence-electron chi connectivity index (χ0n) is 21.1. The summed E-state index contributed by atoms with van der Waals surface area (Å²) >= 11 is 10.00. The van der Waals surface area contributed by atoms with Crippen molar-refractivity contribution < 1.29 is 24.2 Å². The van der Waals surface area contributed by atoms with E-state index in [1.165, 1.54) is 4.90 Å². The van der Waals surface area contributed by atoms with Crippen molar-refractivity contribution in [2.75, 3.05) is 17.2 Å². The second-order valence-electron chi connectivity index (χ2n) is 10.7. The van der Waals surface area contributed by atoms with Crippen molar-refractivity contribution in [1.29, 1.82) is 0 Å². The van der Waals surface area contributed by atoms with Gasteiger partial charge in [0.1, 0.15) is 11.6 Å². The lowest BCUT2D eigenvalue weighted by molar-refractivity contribution is -0.143. The third-order valence-electron chi connectivity index (χ3n) is 7.80. The number of halogens is 2. The minimum Gasteiger partial charge on any atom is -0.394 e. The summed E-state index contributed by atoms with van der Waals surface area (Å²) in [5.74, 6) is -2.65. The number of carbonyl (C=O) groups is 3. The fourth-order valence-corrected chi connectivity index (χ4v) is 7.52. The molecular weight excluding hydrogens is 574 g/mol. The number of ether oxygens (including phenoxy) is 1. The van der Waals surface area contributed by atoms with Crippen molar-refractivity contribution in [3.8, 4) is 0 Å². The molecule has 38 heavy (non-hydrogen) atoms. The summed E-state index contributed by atoms with van der Waals surface area (Å²) in [5.41, 5.74) is -0.203. The van der Waals surface area contributed by atoms with Gasteiger partial charge in [0.15, 0.2) is 0 Å². The molecule has 3 aliphatic heterocycles. The van der Waals surface area contributed by atoms with Gasteiger partial charge in [0.25, 0.3) is 0 Å². The maximum absolute atomic E-state index is 14.2. The van der Waals surface area contributed by atoms with Crippen LogP contribution in [0.25, 0.3) is 0 Å². The first kappa shape index (κ1) is 27.1. The molecule has 2 bridgehead atoms. The average Bonchev–Trinajstić information content (AvgIpc) is 3.47. The Balaban J connectivity index is 1.55. The smallest absolute Gasteiger partial charge is 0.250 e. The molecule has 8 nitrogen and oxygen atoms in total. The normalized spacial score (nSPS) is 30.4. The standard InChI is InChI=1S/C28H31BrClN3O5/c1-15(2)12-17(14-34)33-24(26(36)32-20-11-7-6-10-19(20)30)28-13-18(29)23(38-28)21(22(28)27(33)37)25(35)31-16-8-4-3-5-9-16/h3-11,15,17-18,21-24,34H,12-14H2,1-2H3,(H,31,35)(H,32,36)/t17-,18?,21-,22+,23-,24?,28?/m1/s1. The Hall–Kier alpha value is -2.46. The Kier molecular flexibility index (Phi) is 7.57. The first-order valence-corrected chi connectivity index (χ1v) is 14.1. The Bertz CT molecular complexity index is 1230. The van der Waals surface area contributed by atoms with E-state index in [-0.39, 0.29) is 29.2 Å². The summed E-state index contributed by atoms with van der Waals surface area (Å²) in [5, 5.41) is 16.5. The number of aliphatic hydroxyl groups excluding tert-OH is 1. The molecule has 1 spiro atoms. The predicted octanol–water partition coefficient (Wildman–Crippen LogP) is 4.07. The van der Waals surface area contributed by atoms with Gasteiger partial charge in [-0.2, -0.15) is 0 Å². The van der Waals surface area contributed by atoms with Gasteiger partial charge < -0.3 is 25.4 Å². The molecule has 3 saturated heterocycles. The van der Waals surface area contributed by atoms with Crippen molar-refractivity contribution in [2.24, 2.45) is 17.8 Å². The largest absolute Gasteiger partial charge is 0.394 e. The summed E-state index contributed by atoms with van der Waals surface area (Å²) < 4.78 is 6.52. The van der Waals surface area contributed by atoms with Crippen LogP contribution in [0.1, 0.15) is 26.7 Å². The first-order valence-electron chi connectivity index (χ1n) is 12.8. The molecule has 5 rings (SSSR count). The number of aliphatic hydroxyl groups is 1. The maximum atomic E-state index is 14.2. The lowest BCUT2D eigenvalue weighted by Crippen LogP contribution is -2.56. The molecule has 0 saturated carbocycles. The number of hydrogen-bond acceptors (Lipinski definition) is 5. The number of benzene rings is 2. The highest BCUT2D eigenvalue weighted by Gasteiger charge is 2.77. The highest BCUT2D eigenvalue weighted by Crippen LogP contribution is 2.60. The van der Waals surface area contributed by atoms with Gasteiger partial charge in [-0.05, 0) is 43.0 Å². The van der Waals surface area contributed by atoms with Gasteiger partial charge in [-0.1, -0.05) is 71.7 Å². The van der Waals surface area contributed by atoms with Crippen molar-refractivity contribution in [3.63, 3.8) is 0 Å². The average molecular weight is 605 g/mol. The van der Waals surface area contributed by atoms with E-state index in [2.05, 4.69) is 26.6 Å².